The van der Waals surface area contributed by atoms with Gasteiger partial charge >= 0.3 is 6.03 Å². The number of hydrogen-bond acceptors (Lipinski definition) is 3. The molecule has 2 rings (SSSR count). The summed E-state index contributed by atoms with van der Waals surface area (Å²) in [6.45, 7) is 1.82. The third kappa shape index (κ3) is 3.18. The topological polar surface area (TPSA) is 75.4 Å². The molecule has 3 amide bonds. The lowest BCUT2D eigenvalue weighted by Crippen LogP contribution is -2.31. The summed E-state index contributed by atoms with van der Waals surface area (Å²) >= 11 is 4.77. The standard InChI is InChI=1S/C14H16FN3O2S/c1-2-3-11-13(19)18(14(20)17-11)7-9-5-4-8(12(16)21)6-10(9)15/h4-6,11H,2-3,7H2,1H3,(H2,16,21)(H,17,20). The van der Waals surface area contributed by atoms with E-state index in [-0.39, 0.29) is 23.0 Å². The predicted octanol–water partition coefficient (Wildman–Crippen LogP) is 1.68. The Bertz CT molecular complexity index is 606. The Morgan fingerprint density at radius 3 is 2.76 bits per heavy atom. The zero-order valence-electron chi connectivity index (χ0n) is 11.6. The second-order valence-electron chi connectivity index (χ2n) is 4.89. The van der Waals surface area contributed by atoms with Crippen molar-refractivity contribution >= 4 is 29.1 Å². The lowest BCUT2D eigenvalue weighted by Gasteiger charge is -2.14. The first kappa shape index (κ1) is 15.4. The Morgan fingerprint density at radius 1 is 1.48 bits per heavy atom. The number of nitrogens with zero attached hydrogens (tertiary/aromatic N) is 1. The van der Waals surface area contributed by atoms with Crippen molar-refractivity contribution in [2.24, 2.45) is 5.73 Å². The SMILES string of the molecule is CCCC1NC(=O)N(Cc2ccc(C(N)=S)cc2F)C1=O. The molecule has 0 bridgehead atoms. The number of hydrogen-bond donors (Lipinski definition) is 2. The van der Waals surface area contributed by atoms with Gasteiger partial charge in [-0.05, 0) is 12.5 Å². The van der Waals surface area contributed by atoms with Gasteiger partial charge < -0.3 is 11.1 Å². The van der Waals surface area contributed by atoms with Crippen molar-refractivity contribution in [1.82, 2.24) is 10.2 Å². The molecule has 112 valence electrons. The molecule has 7 heteroatoms. The monoisotopic (exact) mass is 309 g/mol. The number of benzene rings is 1. The van der Waals surface area contributed by atoms with Crippen molar-refractivity contribution in [2.75, 3.05) is 0 Å². The van der Waals surface area contributed by atoms with E-state index < -0.39 is 17.9 Å². The van der Waals surface area contributed by atoms with Gasteiger partial charge in [-0.2, -0.15) is 0 Å². The molecule has 1 aliphatic rings. The number of nitrogens with one attached hydrogen (secondary N) is 1. The minimum absolute atomic E-state index is 0.0958. The van der Waals surface area contributed by atoms with Gasteiger partial charge in [0.15, 0.2) is 0 Å². The van der Waals surface area contributed by atoms with Crippen LogP contribution in [0.2, 0.25) is 0 Å². The Kier molecular flexibility index (Phi) is 4.52. The Balaban J connectivity index is 2.16. The fourth-order valence-corrected chi connectivity index (χ4v) is 2.34. The van der Waals surface area contributed by atoms with Gasteiger partial charge in [0.2, 0.25) is 0 Å². The summed E-state index contributed by atoms with van der Waals surface area (Å²) in [6, 6.07) is 3.26. The highest BCUT2D eigenvalue weighted by molar-refractivity contribution is 7.80. The second-order valence-corrected chi connectivity index (χ2v) is 5.33. The van der Waals surface area contributed by atoms with Crippen molar-refractivity contribution in [3.63, 3.8) is 0 Å². The number of nitrogens with two attached hydrogens (primary N) is 1. The molecule has 3 N–H and O–H groups in total. The average Bonchev–Trinajstić information content (AvgIpc) is 2.68. The van der Waals surface area contributed by atoms with E-state index in [2.05, 4.69) is 5.32 Å². The molecule has 1 heterocycles. The number of amides is 3. The van der Waals surface area contributed by atoms with Crippen LogP contribution < -0.4 is 11.1 Å². The zero-order valence-corrected chi connectivity index (χ0v) is 12.4. The van der Waals surface area contributed by atoms with E-state index in [0.717, 1.165) is 11.3 Å². The minimum Gasteiger partial charge on any atom is -0.389 e. The van der Waals surface area contributed by atoms with E-state index in [1.807, 2.05) is 6.92 Å². The van der Waals surface area contributed by atoms with Gasteiger partial charge in [0.05, 0.1) is 6.54 Å². The third-order valence-electron chi connectivity index (χ3n) is 3.35. The first-order valence-electron chi connectivity index (χ1n) is 6.64. The molecule has 1 aromatic rings. The van der Waals surface area contributed by atoms with Crippen molar-refractivity contribution < 1.29 is 14.0 Å². The first-order valence-corrected chi connectivity index (χ1v) is 7.05. The van der Waals surface area contributed by atoms with Crippen LogP contribution in [-0.2, 0) is 11.3 Å². The number of rotatable bonds is 5. The number of thiocarbonyl (C=S) groups is 1. The normalized spacial score (nSPS) is 18.0. The molecule has 0 spiro atoms. The van der Waals surface area contributed by atoms with Gasteiger partial charge in [0.25, 0.3) is 5.91 Å². The number of imide groups is 1. The smallest absolute Gasteiger partial charge is 0.325 e. The van der Waals surface area contributed by atoms with Crippen molar-refractivity contribution in [3.05, 3.63) is 35.1 Å². The molecular weight excluding hydrogens is 293 g/mol. The molecule has 1 aliphatic heterocycles. The van der Waals surface area contributed by atoms with Crippen LogP contribution in [0.25, 0.3) is 0 Å². The maximum Gasteiger partial charge on any atom is 0.325 e. The zero-order chi connectivity index (χ0) is 15.6. The van der Waals surface area contributed by atoms with Crippen molar-refractivity contribution in [1.29, 1.82) is 0 Å². The number of urea groups is 1. The highest BCUT2D eigenvalue weighted by Gasteiger charge is 2.37. The molecule has 1 fully saturated rings. The average molecular weight is 309 g/mol. The van der Waals surface area contributed by atoms with Gasteiger partial charge in [-0.3, -0.25) is 9.69 Å². The van der Waals surface area contributed by atoms with E-state index in [9.17, 15) is 14.0 Å². The van der Waals surface area contributed by atoms with Gasteiger partial charge in [-0.15, -0.1) is 0 Å². The highest BCUT2D eigenvalue weighted by atomic mass is 32.1. The summed E-state index contributed by atoms with van der Waals surface area (Å²) in [4.78, 5) is 25.0. The molecule has 5 nitrogen and oxygen atoms in total. The van der Waals surface area contributed by atoms with E-state index in [1.165, 1.54) is 12.1 Å². The lowest BCUT2D eigenvalue weighted by molar-refractivity contribution is -0.128. The molecule has 0 aliphatic carbocycles. The second kappa shape index (κ2) is 6.17. The van der Waals surface area contributed by atoms with Crippen LogP contribution in [0.1, 0.15) is 30.9 Å². The van der Waals surface area contributed by atoms with Crippen LogP contribution in [-0.4, -0.2) is 27.9 Å². The van der Waals surface area contributed by atoms with Crippen molar-refractivity contribution in [3.8, 4) is 0 Å². The van der Waals surface area contributed by atoms with E-state index in [0.29, 0.717) is 12.0 Å². The van der Waals surface area contributed by atoms with E-state index in [4.69, 9.17) is 18.0 Å². The van der Waals surface area contributed by atoms with Crippen LogP contribution in [0, 0.1) is 5.82 Å². The molecule has 1 unspecified atom stereocenters. The molecule has 0 radical (unpaired) electrons. The molecule has 21 heavy (non-hydrogen) atoms. The maximum atomic E-state index is 14.0. The summed E-state index contributed by atoms with van der Waals surface area (Å²) in [6.07, 6.45) is 1.35. The quantitative estimate of drug-likeness (QED) is 0.641. The van der Waals surface area contributed by atoms with Crippen LogP contribution in [0.15, 0.2) is 18.2 Å². The highest BCUT2D eigenvalue weighted by Crippen LogP contribution is 2.18. The Hall–Kier alpha value is -2.02. The third-order valence-corrected chi connectivity index (χ3v) is 3.59. The van der Waals surface area contributed by atoms with E-state index >= 15 is 0 Å². The van der Waals surface area contributed by atoms with Gasteiger partial charge in [-0.25, -0.2) is 9.18 Å². The Labute approximate surface area is 127 Å². The fraction of sp³-hybridized carbons (Fsp3) is 0.357. The first-order chi connectivity index (χ1) is 9.93. The maximum absolute atomic E-state index is 14.0. The fourth-order valence-electron chi connectivity index (χ4n) is 2.21. The van der Waals surface area contributed by atoms with Crippen LogP contribution in [0.5, 0.6) is 0 Å². The summed E-state index contributed by atoms with van der Waals surface area (Å²) in [5.74, 6) is -0.862. The van der Waals surface area contributed by atoms with Crippen molar-refractivity contribution in [2.45, 2.75) is 32.4 Å². The van der Waals surface area contributed by atoms with Gasteiger partial charge in [0, 0.05) is 11.1 Å². The number of carbonyl (C=O) groups is 2. The van der Waals surface area contributed by atoms with Crippen LogP contribution in [0.4, 0.5) is 9.18 Å². The van der Waals surface area contributed by atoms with Gasteiger partial charge in [0.1, 0.15) is 16.8 Å². The van der Waals surface area contributed by atoms with Crippen LogP contribution >= 0.6 is 12.2 Å². The largest absolute Gasteiger partial charge is 0.389 e. The molecule has 0 saturated carbocycles. The molecular formula is C14H16FN3O2S. The molecule has 1 aromatic carbocycles. The summed E-state index contributed by atoms with van der Waals surface area (Å²) in [7, 11) is 0. The summed E-state index contributed by atoms with van der Waals surface area (Å²) < 4.78 is 14.0. The molecule has 1 atom stereocenters. The number of halogens is 1. The predicted molar refractivity (Wildman–Crippen MR) is 80.1 cm³/mol. The lowest BCUT2D eigenvalue weighted by atomic mass is 10.1. The minimum atomic E-state index is -0.542. The summed E-state index contributed by atoms with van der Waals surface area (Å²) in [5.41, 5.74) is 6.08. The van der Waals surface area contributed by atoms with E-state index in [1.54, 1.807) is 6.07 Å². The van der Waals surface area contributed by atoms with Crippen LogP contribution in [0.3, 0.4) is 0 Å². The Morgan fingerprint density at radius 2 is 2.19 bits per heavy atom. The van der Waals surface area contributed by atoms with Gasteiger partial charge in [-0.1, -0.05) is 37.7 Å². The molecule has 0 aromatic heterocycles. The number of carbonyl (C=O) groups excluding carboxylic acids is 2. The molecule has 1 saturated heterocycles. The summed E-state index contributed by atoms with van der Waals surface area (Å²) in [5, 5.41) is 2.60.